The van der Waals surface area contributed by atoms with E-state index in [-0.39, 0.29) is 18.4 Å². The number of aromatic nitrogens is 2. The minimum absolute atomic E-state index is 0.00627. The first-order chi connectivity index (χ1) is 11.1. The fraction of sp³-hybridized carbons (Fsp3) is 0.235. The van der Waals surface area contributed by atoms with Crippen molar-refractivity contribution in [1.29, 1.82) is 0 Å². The first kappa shape index (κ1) is 15.4. The van der Waals surface area contributed by atoms with Gasteiger partial charge in [-0.2, -0.15) is 0 Å². The molecular weight excluding hydrogens is 310 g/mol. The molecule has 3 rings (SSSR count). The second-order valence-corrected chi connectivity index (χ2v) is 6.09. The smallest absolute Gasteiger partial charge is 0.228 e. The van der Waals surface area contributed by atoms with Crippen molar-refractivity contribution < 1.29 is 9.21 Å². The fourth-order valence-corrected chi connectivity index (χ4v) is 3.01. The Morgan fingerprint density at radius 2 is 2.22 bits per heavy atom. The number of nitrogens with zero attached hydrogens (tertiary/aromatic N) is 3. The Bertz CT molecular complexity index is 768. The van der Waals surface area contributed by atoms with Crippen molar-refractivity contribution in [3.63, 3.8) is 0 Å². The van der Waals surface area contributed by atoms with Gasteiger partial charge in [-0.1, -0.05) is 6.07 Å². The van der Waals surface area contributed by atoms with Crippen molar-refractivity contribution in [3.05, 3.63) is 59.6 Å². The van der Waals surface area contributed by atoms with Crippen LogP contribution in [0.5, 0.6) is 0 Å². The molecule has 0 saturated carbocycles. The number of likely N-dealkylation sites (N-methyl/N-ethyl adjacent to an activating group) is 1. The molecule has 118 valence electrons. The molecule has 1 amide bonds. The van der Waals surface area contributed by atoms with E-state index in [0.717, 1.165) is 22.2 Å². The first-order valence-corrected chi connectivity index (χ1v) is 8.18. The maximum Gasteiger partial charge on any atom is 0.228 e. The molecule has 0 aliphatic heterocycles. The second-order valence-electron chi connectivity index (χ2n) is 5.23. The summed E-state index contributed by atoms with van der Waals surface area (Å²) in [5.41, 5.74) is 1.59. The van der Waals surface area contributed by atoms with Crippen molar-refractivity contribution in [2.75, 3.05) is 7.05 Å². The molecule has 0 aliphatic rings. The van der Waals surface area contributed by atoms with E-state index in [0.29, 0.717) is 0 Å². The SMILES string of the molecule is CC(c1ccco1)N(C)C(=O)Cc1csc(-c2ccccn2)n1. The van der Waals surface area contributed by atoms with Gasteiger partial charge in [0.2, 0.25) is 5.91 Å². The normalized spacial score (nSPS) is 12.1. The van der Waals surface area contributed by atoms with Crippen LogP contribution in [0.1, 0.15) is 24.4 Å². The molecule has 3 aromatic rings. The van der Waals surface area contributed by atoms with Gasteiger partial charge in [-0.3, -0.25) is 9.78 Å². The monoisotopic (exact) mass is 327 g/mol. The average molecular weight is 327 g/mol. The van der Waals surface area contributed by atoms with E-state index in [1.54, 1.807) is 24.4 Å². The standard InChI is InChI=1S/C17H17N3O2S/c1-12(15-7-5-9-22-15)20(2)16(21)10-13-11-23-17(19-13)14-6-3-4-8-18-14/h3-9,11-12H,10H2,1-2H3. The Kier molecular flexibility index (Phi) is 4.52. The van der Waals surface area contributed by atoms with Crippen LogP contribution in [-0.4, -0.2) is 27.8 Å². The predicted octanol–water partition coefficient (Wildman–Crippen LogP) is 3.56. The average Bonchev–Trinajstić information content (AvgIpc) is 3.26. The van der Waals surface area contributed by atoms with Crippen molar-refractivity contribution in [3.8, 4) is 10.7 Å². The van der Waals surface area contributed by atoms with Crippen LogP contribution < -0.4 is 0 Å². The molecule has 0 aromatic carbocycles. The summed E-state index contributed by atoms with van der Waals surface area (Å²) < 4.78 is 5.36. The van der Waals surface area contributed by atoms with E-state index < -0.39 is 0 Å². The highest BCUT2D eigenvalue weighted by atomic mass is 32.1. The predicted molar refractivity (Wildman–Crippen MR) is 88.9 cm³/mol. The summed E-state index contributed by atoms with van der Waals surface area (Å²) >= 11 is 1.50. The molecule has 0 fully saturated rings. The molecule has 5 nitrogen and oxygen atoms in total. The number of carbonyl (C=O) groups is 1. The van der Waals surface area contributed by atoms with Gasteiger partial charge < -0.3 is 9.32 Å². The number of furan rings is 1. The van der Waals surface area contributed by atoms with Crippen molar-refractivity contribution in [1.82, 2.24) is 14.9 Å². The zero-order valence-electron chi connectivity index (χ0n) is 13.0. The van der Waals surface area contributed by atoms with Gasteiger partial charge in [0.25, 0.3) is 0 Å². The van der Waals surface area contributed by atoms with E-state index in [2.05, 4.69) is 9.97 Å². The molecule has 0 aliphatic carbocycles. The van der Waals surface area contributed by atoms with Crippen LogP contribution in [0.15, 0.2) is 52.6 Å². The Labute approximate surface area is 138 Å². The minimum Gasteiger partial charge on any atom is -0.467 e. The van der Waals surface area contributed by atoms with Gasteiger partial charge in [0.05, 0.1) is 30.1 Å². The Balaban J connectivity index is 1.67. The van der Waals surface area contributed by atoms with Gasteiger partial charge in [-0.15, -0.1) is 11.3 Å². The number of pyridine rings is 1. The molecule has 0 bridgehead atoms. The van der Waals surface area contributed by atoms with Crippen LogP contribution in [-0.2, 0) is 11.2 Å². The highest BCUT2D eigenvalue weighted by Crippen LogP contribution is 2.23. The van der Waals surface area contributed by atoms with E-state index >= 15 is 0 Å². The molecular formula is C17H17N3O2S. The zero-order valence-corrected chi connectivity index (χ0v) is 13.8. The van der Waals surface area contributed by atoms with Crippen LogP contribution in [0.2, 0.25) is 0 Å². The van der Waals surface area contributed by atoms with Crippen LogP contribution >= 0.6 is 11.3 Å². The number of carbonyl (C=O) groups excluding carboxylic acids is 1. The number of hydrogen-bond donors (Lipinski definition) is 0. The molecule has 1 unspecified atom stereocenters. The molecule has 3 heterocycles. The Hall–Kier alpha value is -2.47. The molecule has 23 heavy (non-hydrogen) atoms. The Morgan fingerprint density at radius 1 is 1.35 bits per heavy atom. The number of rotatable bonds is 5. The lowest BCUT2D eigenvalue weighted by Gasteiger charge is -2.22. The summed E-state index contributed by atoms with van der Waals surface area (Å²) in [5, 5.41) is 2.74. The number of hydrogen-bond acceptors (Lipinski definition) is 5. The third-order valence-electron chi connectivity index (χ3n) is 3.70. The quantitative estimate of drug-likeness (QED) is 0.719. The van der Waals surface area contributed by atoms with Gasteiger partial charge in [0.15, 0.2) is 0 Å². The maximum atomic E-state index is 12.4. The van der Waals surface area contributed by atoms with Gasteiger partial charge in [-0.25, -0.2) is 4.98 Å². The first-order valence-electron chi connectivity index (χ1n) is 7.30. The van der Waals surface area contributed by atoms with Crippen LogP contribution in [0.3, 0.4) is 0 Å². The van der Waals surface area contributed by atoms with Crippen LogP contribution in [0, 0.1) is 0 Å². The van der Waals surface area contributed by atoms with Gasteiger partial charge in [0.1, 0.15) is 10.8 Å². The maximum absolute atomic E-state index is 12.4. The summed E-state index contributed by atoms with van der Waals surface area (Å²) in [5.74, 6) is 0.778. The highest BCUT2D eigenvalue weighted by Gasteiger charge is 2.20. The third-order valence-corrected chi connectivity index (χ3v) is 4.61. The highest BCUT2D eigenvalue weighted by molar-refractivity contribution is 7.13. The van der Waals surface area contributed by atoms with Gasteiger partial charge in [-0.05, 0) is 31.2 Å². The molecule has 3 aromatic heterocycles. The zero-order chi connectivity index (χ0) is 16.2. The number of amides is 1. The molecule has 0 spiro atoms. The summed E-state index contributed by atoms with van der Waals surface area (Å²) in [6.07, 6.45) is 3.62. The van der Waals surface area contributed by atoms with E-state index in [1.807, 2.05) is 42.6 Å². The molecule has 0 saturated heterocycles. The fourth-order valence-electron chi connectivity index (χ4n) is 2.21. The summed E-state index contributed by atoms with van der Waals surface area (Å²) in [6.45, 7) is 1.94. The Morgan fingerprint density at radius 3 is 2.91 bits per heavy atom. The lowest BCUT2D eigenvalue weighted by molar-refractivity contribution is -0.131. The summed E-state index contributed by atoms with van der Waals surface area (Å²) in [7, 11) is 1.78. The molecule has 1 atom stereocenters. The molecule has 0 N–H and O–H groups in total. The molecule has 0 radical (unpaired) electrons. The van der Waals surface area contributed by atoms with E-state index in [9.17, 15) is 4.79 Å². The summed E-state index contributed by atoms with van der Waals surface area (Å²) in [4.78, 5) is 22.9. The topological polar surface area (TPSA) is 59.2 Å². The van der Waals surface area contributed by atoms with Gasteiger partial charge in [0, 0.05) is 18.6 Å². The lowest BCUT2D eigenvalue weighted by atomic mass is 10.2. The van der Waals surface area contributed by atoms with E-state index in [1.165, 1.54) is 11.3 Å². The summed E-state index contributed by atoms with van der Waals surface area (Å²) in [6, 6.07) is 9.29. The third kappa shape index (κ3) is 3.48. The van der Waals surface area contributed by atoms with Crippen molar-refractivity contribution in [2.24, 2.45) is 0 Å². The minimum atomic E-state index is -0.105. The van der Waals surface area contributed by atoms with Crippen LogP contribution in [0.4, 0.5) is 0 Å². The molecule has 6 heteroatoms. The second kappa shape index (κ2) is 6.75. The van der Waals surface area contributed by atoms with Gasteiger partial charge >= 0.3 is 0 Å². The van der Waals surface area contributed by atoms with Crippen molar-refractivity contribution >= 4 is 17.2 Å². The van der Waals surface area contributed by atoms with Crippen LogP contribution in [0.25, 0.3) is 10.7 Å². The largest absolute Gasteiger partial charge is 0.467 e. The number of thiazole rings is 1. The lowest BCUT2D eigenvalue weighted by Crippen LogP contribution is -2.30. The van der Waals surface area contributed by atoms with Crippen molar-refractivity contribution in [2.45, 2.75) is 19.4 Å². The van der Waals surface area contributed by atoms with E-state index in [4.69, 9.17) is 4.42 Å².